The maximum absolute atomic E-state index is 12.4. The van der Waals surface area contributed by atoms with E-state index in [1.165, 1.54) is 6.42 Å². The summed E-state index contributed by atoms with van der Waals surface area (Å²) < 4.78 is 5.40. The van der Waals surface area contributed by atoms with E-state index < -0.39 is 0 Å². The average Bonchev–Trinajstić information content (AvgIpc) is 2.70. The van der Waals surface area contributed by atoms with Gasteiger partial charge in [0.05, 0.1) is 13.2 Å². The summed E-state index contributed by atoms with van der Waals surface area (Å²) in [6.45, 7) is 7.10. The van der Waals surface area contributed by atoms with Crippen LogP contribution < -0.4 is 15.4 Å². The Morgan fingerprint density at radius 1 is 1.03 bits per heavy atom. The highest BCUT2D eigenvalue weighted by Crippen LogP contribution is 2.18. The van der Waals surface area contributed by atoms with E-state index in [0.29, 0.717) is 36.0 Å². The highest BCUT2D eigenvalue weighted by Gasteiger charge is 2.18. The molecular weight excluding hydrogens is 366 g/mol. The van der Waals surface area contributed by atoms with Crippen LogP contribution >= 0.6 is 0 Å². The monoisotopic (exact) mass is 395 g/mol. The fourth-order valence-corrected chi connectivity index (χ4v) is 3.54. The van der Waals surface area contributed by atoms with Crippen molar-refractivity contribution in [2.75, 3.05) is 36.9 Å². The van der Waals surface area contributed by atoms with Crippen molar-refractivity contribution in [3.63, 3.8) is 0 Å². The molecule has 6 nitrogen and oxygen atoms in total. The second-order valence-corrected chi connectivity index (χ2v) is 7.52. The number of hydrogen-bond acceptors (Lipinski definition) is 4. The Labute approximate surface area is 172 Å². The van der Waals surface area contributed by atoms with Crippen molar-refractivity contribution in [2.45, 2.75) is 26.7 Å². The van der Waals surface area contributed by atoms with E-state index in [2.05, 4.69) is 22.5 Å². The van der Waals surface area contributed by atoms with Gasteiger partial charge in [0, 0.05) is 23.5 Å². The lowest BCUT2D eigenvalue weighted by Crippen LogP contribution is -2.39. The van der Waals surface area contributed by atoms with E-state index in [9.17, 15) is 9.59 Å². The van der Waals surface area contributed by atoms with Gasteiger partial charge in [-0.1, -0.05) is 6.92 Å². The summed E-state index contributed by atoms with van der Waals surface area (Å²) in [5, 5.41) is 5.77. The molecule has 29 heavy (non-hydrogen) atoms. The molecule has 1 atom stereocenters. The minimum atomic E-state index is -0.200. The molecule has 2 amide bonds. The van der Waals surface area contributed by atoms with Gasteiger partial charge in [-0.25, -0.2) is 0 Å². The second kappa shape index (κ2) is 10.1. The Bertz CT molecular complexity index is 818. The topological polar surface area (TPSA) is 70.7 Å². The summed E-state index contributed by atoms with van der Waals surface area (Å²) >= 11 is 0. The molecule has 0 spiro atoms. The van der Waals surface area contributed by atoms with Gasteiger partial charge in [-0.2, -0.15) is 0 Å². The van der Waals surface area contributed by atoms with E-state index in [-0.39, 0.29) is 11.8 Å². The Morgan fingerprint density at radius 2 is 1.69 bits per heavy atom. The van der Waals surface area contributed by atoms with Gasteiger partial charge in [-0.3, -0.25) is 14.5 Å². The van der Waals surface area contributed by atoms with Crippen LogP contribution in [-0.2, 0) is 4.79 Å². The third-order valence-corrected chi connectivity index (χ3v) is 4.96. The first-order chi connectivity index (χ1) is 14.0. The standard InChI is InChI=1S/C23H29N3O3/c1-3-29-21-12-10-20(11-13-21)25-23(28)18-6-8-19(9-7-18)24-22(27)16-26-14-4-5-17(2)15-26/h6-13,17H,3-5,14-16H2,1-2H3,(H,24,27)(H,25,28). The van der Waals surface area contributed by atoms with Crippen molar-refractivity contribution in [3.8, 4) is 5.75 Å². The van der Waals surface area contributed by atoms with Crippen molar-refractivity contribution in [1.82, 2.24) is 4.90 Å². The van der Waals surface area contributed by atoms with Crippen LogP contribution in [0.1, 0.15) is 37.0 Å². The molecule has 6 heteroatoms. The SMILES string of the molecule is CCOc1ccc(NC(=O)c2ccc(NC(=O)CN3CCCC(C)C3)cc2)cc1. The van der Waals surface area contributed by atoms with E-state index in [1.807, 2.05) is 19.1 Å². The van der Waals surface area contributed by atoms with Gasteiger partial charge in [-0.15, -0.1) is 0 Å². The molecule has 0 radical (unpaired) electrons. The van der Waals surface area contributed by atoms with Gasteiger partial charge in [0.15, 0.2) is 0 Å². The second-order valence-electron chi connectivity index (χ2n) is 7.52. The van der Waals surface area contributed by atoms with Crippen LogP contribution in [0.3, 0.4) is 0 Å². The third-order valence-electron chi connectivity index (χ3n) is 4.96. The number of likely N-dealkylation sites (tertiary alicyclic amines) is 1. The van der Waals surface area contributed by atoms with Crippen molar-refractivity contribution in [2.24, 2.45) is 5.92 Å². The van der Waals surface area contributed by atoms with E-state index in [0.717, 1.165) is 25.3 Å². The normalized spacial score (nSPS) is 16.8. The van der Waals surface area contributed by atoms with Gasteiger partial charge < -0.3 is 15.4 Å². The predicted molar refractivity (Wildman–Crippen MR) is 115 cm³/mol. The number of rotatable bonds is 7. The number of carbonyl (C=O) groups excluding carboxylic acids is 2. The predicted octanol–water partition coefficient (Wildman–Crippen LogP) is 4.01. The molecule has 1 fully saturated rings. The maximum Gasteiger partial charge on any atom is 0.255 e. The molecule has 2 aromatic rings. The van der Waals surface area contributed by atoms with Crippen LogP contribution in [0.15, 0.2) is 48.5 Å². The zero-order valence-corrected chi connectivity index (χ0v) is 17.1. The van der Waals surface area contributed by atoms with Gasteiger partial charge in [0.2, 0.25) is 5.91 Å². The number of ether oxygens (including phenoxy) is 1. The Balaban J connectivity index is 1.51. The Morgan fingerprint density at radius 3 is 2.34 bits per heavy atom. The number of amides is 2. The molecule has 1 heterocycles. The van der Waals surface area contributed by atoms with Crippen LogP contribution in [0.25, 0.3) is 0 Å². The Kier molecular flexibility index (Phi) is 7.25. The molecule has 1 aliphatic rings. The number of anilines is 2. The van der Waals surface area contributed by atoms with Crippen LogP contribution in [0.4, 0.5) is 11.4 Å². The minimum Gasteiger partial charge on any atom is -0.494 e. The maximum atomic E-state index is 12.4. The van der Waals surface area contributed by atoms with Gasteiger partial charge in [0.1, 0.15) is 5.75 Å². The molecule has 0 bridgehead atoms. The molecule has 154 valence electrons. The summed E-state index contributed by atoms with van der Waals surface area (Å²) in [5.74, 6) is 1.19. The molecule has 2 N–H and O–H groups in total. The zero-order valence-electron chi connectivity index (χ0n) is 17.1. The fraction of sp³-hybridized carbons (Fsp3) is 0.391. The number of hydrogen-bond donors (Lipinski definition) is 2. The lowest BCUT2D eigenvalue weighted by Gasteiger charge is -2.30. The Hall–Kier alpha value is -2.86. The molecule has 1 aliphatic heterocycles. The quantitative estimate of drug-likeness (QED) is 0.743. The first-order valence-electron chi connectivity index (χ1n) is 10.2. The van der Waals surface area contributed by atoms with Crippen molar-refractivity contribution < 1.29 is 14.3 Å². The van der Waals surface area contributed by atoms with Gasteiger partial charge >= 0.3 is 0 Å². The third kappa shape index (κ3) is 6.32. The fourth-order valence-electron chi connectivity index (χ4n) is 3.54. The zero-order chi connectivity index (χ0) is 20.6. The molecular formula is C23H29N3O3. The minimum absolute atomic E-state index is 0.0225. The first kappa shape index (κ1) is 20.9. The lowest BCUT2D eigenvalue weighted by molar-refractivity contribution is -0.117. The molecule has 0 saturated carbocycles. The first-order valence-corrected chi connectivity index (χ1v) is 10.2. The molecule has 1 unspecified atom stereocenters. The van der Waals surface area contributed by atoms with Gasteiger partial charge in [0.25, 0.3) is 5.91 Å². The number of benzene rings is 2. The molecule has 1 saturated heterocycles. The van der Waals surface area contributed by atoms with E-state index >= 15 is 0 Å². The molecule has 0 aliphatic carbocycles. The van der Waals surface area contributed by atoms with Crippen molar-refractivity contribution >= 4 is 23.2 Å². The molecule has 0 aromatic heterocycles. The van der Waals surface area contributed by atoms with Crippen molar-refractivity contribution in [1.29, 1.82) is 0 Å². The largest absolute Gasteiger partial charge is 0.494 e. The highest BCUT2D eigenvalue weighted by molar-refractivity contribution is 6.04. The summed E-state index contributed by atoms with van der Waals surface area (Å²) in [7, 11) is 0. The van der Waals surface area contributed by atoms with Crippen LogP contribution in [0.5, 0.6) is 5.75 Å². The number of nitrogens with zero attached hydrogens (tertiary/aromatic N) is 1. The van der Waals surface area contributed by atoms with Gasteiger partial charge in [-0.05, 0) is 80.8 Å². The number of piperidine rings is 1. The van der Waals surface area contributed by atoms with Crippen LogP contribution in [0, 0.1) is 5.92 Å². The summed E-state index contributed by atoms with van der Waals surface area (Å²) in [6.07, 6.45) is 2.38. The smallest absolute Gasteiger partial charge is 0.255 e. The van der Waals surface area contributed by atoms with Crippen LogP contribution in [-0.4, -0.2) is 43.0 Å². The molecule has 2 aromatic carbocycles. The number of nitrogens with one attached hydrogen (secondary N) is 2. The highest BCUT2D eigenvalue weighted by atomic mass is 16.5. The lowest BCUT2D eigenvalue weighted by atomic mass is 10.0. The van der Waals surface area contributed by atoms with Crippen molar-refractivity contribution in [3.05, 3.63) is 54.1 Å². The van der Waals surface area contributed by atoms with E-state index in [1.54, 1.807) is 36.4 Å². The van der Waals surface area contributed by atoms with Crippen LogP contribution in [0.2, 0.25) is 0 Å². The summed E-state index contributed by atoms with van der Waals surface area (Å²) in [4.78, 5) is 26.9. The van der Waals surface area contributed by atoms with E-state index in [4.69, 9.17) is 4.74 Å². The summed E-state index contributed by atoms with van der Waals surface area (Å²) in [5.41, 5.74) is 1.92. The molecule has 3 rings (SSSR count). The number of carbonyl (C=O) groups is 2. The summed E-state index contributed by atoms with van der Waals surface area (Å²) in [6, 6.07) is 14.2. The average molecular weight is 396 g/mol.